The van der Waals surface area contributed by atoms with E-state index in [1.165, 1.54) is 4.31 Å². The molecule has 2 aliphatic carbocycles. The van der Waals surface area contributed by atoms with Crippen LogP contribution in [0.5, 0.6) is 5.75 Å². The van der Waals surface area contributed by atoms with E-state index in [4.69, 9.17) is 4.42 Å². The Hall–Kier alpha value is -3.06. The largest absolute Gasteiger partial charge is 0.507 e. The van der Waals surface area contributed by atoms with Crippen LogP contribution in [0.25, 0.3) is 0 Å². The number of sulfonamides is 1. The zero-order chi connectivity index (χ0) is 26.2. The molecule has 1 saturated carbocycles. The molecular weight excluding hydrogens is 486 g/mol. The first kappa shape index (κ1) is 25.6. The maximum atomic E-state index is 13.6. The highest BCUT2D eigenvalue weighted by atomic mass is 32.2. The van der Waals surface area contributed by atoms with Crippen LogP contribution in [0, 0.1) is 5.92 Å². The molecule has 1 unspecified atom stereocenters. The highest BCUT2D eigenvalue weighted by Gasteiger charge is 2.39. The van der Waals surface area contributed by atoms with Crippen molar-refractivity contribution in [2.75, 3.05) is 4.31 Å². The van der Waals surface area contributed by atoms with E-state index in [1.54, 1.807) is 36.4 Å². The van der Waals surface area contributed by atoms with E-state index in [0.29, 0.717) is 29.9 Å². The first-order valence-electron chi connectivity index (χ1n) is 13.4. The molecule has 0 amide bonds. The Morgan fingerprint density at radius 1 is 0.946 bits per heavy atom. The molecule has 0 aliphatic heterocycles. The Labute approximate surface area is 219 Å². The highest BCUT2D eigenvalue weighted by molar-refractivity contribution is 7.92. The molecule has 2 aliphatic rings. The zero-order valence-corrected chi connectivity index (χ0v) is 22.3. The van der Waals surface area contributed by atoms with Crippen LogP contribution in [-0.2, 0) is 22.9 Å². The lowest BCUT2D eigenvalue weighted by Crippen LogP contribution is -2.37. The fourth-order valence-electron chi connectivity index (χ4n) is 5.67. The molecule has 0 spiro atoms. The van der Waals surface area contributed by atoms with E-state index in [0.717, 1.165) is 49.7 Å². The third-order valence-electron chi connectivity index (χ3n) is 7.55. The number of rotatable bonds is 7. The number of hydrogen-bond donors (Lipinski definition) is 1. The van der Waals surface area contributed by atoms with Gasteiger partial charge < -0.3 is 9.52 Å². The lowest BCUT2D eigenvalue weighted by atomic mass is 9.85. The number of anilines is 1. The summed E-state index contributed by atoms with van der Waals surface area (Å²) < 4.78 is 34.5. The van der Waals surface area contributed by atoms with Gasteiger partial charge in [-0.2, -0.15) is 0 Å². The van der Waals surface area contributed by atoms with Crippen LogP contribution < -0.4 is 9.93 Å². The normalized spacial score (nSPS) is 17.1. The van der Waals surface area contributed by atoms with Gasteiger partial charge in [0.15, 0.2) is 0 Å². The van der Waals surface area contributed by atoms with Crippen LogP contribution in [0.1, 0.15) is 80.7 Å². The number of aromatic hydroxyl groups is 1. The van der Waals surface area contributed by atoms with Crippen molar-refractivity contribution in [3.8, 4) is 5.75 Å². The molecule has 1 heterocycles. The Morgan fingerprint density at radius 3 is 2.32 bits per heavy atom. The standard InChI is InChI=1S/C30H35NO5S/c1-20(2)31(37(34,35)24-13-6-5-7-14-24)23-12-10-11-22(19-23)27(21-17-18-21)28-29(32)25-15-8-3-4-9-16-26(25)36-30(28)33/h5-7,10-14,19-21,27,32H,3-4,8-9,15-18H2,1-2H3. The summed E-state index contributed by atoms with van der Waals surface area (Å²) in [5.41, 5.74) is 1.98. The summed E-state index contributed by atoms with van der Waals surface area (Å²) in [6.45, 7) is 3.70. The second-order valence-corrected chi connectivity index (χ2v) is 12.4. The fraction of sp³-hybridized carbons (Fsp3) is 0.433. The van der Waals surface area contributed by atoms with Gasteiger partial charge in [0.2, 0.25) is 0 Å². The van der Waals surface area contributed by atoms with Gasteiger partial charge in [-0.3, -0.25) is 4.31 Å². The van der Waals surface area contributed by atoms with Crippen LogP contribution in [0.2, 0.25) is 0 Å². The lowest BCUT2D eigenvalue weighted by Gasteiger charge is -2.29. The molecule has 0 bridgehead atoms. The number of aryl methyl sites for hydroxylation is 1. The Bertz CT molecular complexity index is 1420. The first-order chi connectivity index (χ1) is 17.8. The monoisotopic (exact) mass is 521 g/mol. The van der Waals surface area contributed by atoms with E-state index in [-0.39, 0.29) is 28.5 Å². The summed E-state index contributed by atoms with van der Waals surface area (Å²) in [4.78, 5) is 13.5. The van der Waals surface area contributed by atoms with E-state index in [2.05, 4.69) is 0 Å². The minimum atomic E-state index is -3.80. The van der Waals surface area contributed by atoms with E-state index in [1.807, 2.05) is 32.0 Å². The van der Waals surface area contributed by atoms with Crippen molar-refractivity contribution in [1.29, 1.82) is 0 Å². The van der Waals surface area contributed by atoms with Crippen LogP contribution >= 0.6 is 0 Å². The average Bonchev–Trinajstić information content (AvgIpc) is 3.68. The van der Waals surface area contributed by atoms with Crippen molar-refractivity contribution in [1.82, 2.24) is 0 Å². The third-order valence-corrected chi connectivity index (χ3v) is 9.57. The molecule has 5 rings (SSSR count). The predicted molar refractivity (Wildman–Crippen MR) is 145 cm³/mol. The average molecular weight is 522 g/mol. The molecule has 1 atom stereocenters. The molecule has 37 heavy (non-hydrogen) atoms. The number of benzene rings is 2. The maximum Gasteiger partial charge on any atom is 0.343 e. The van der Waals surface area contributed by atoms with Crippen molar-refractivity contribution in [2.45, 2.75) is 82.1 Å². The van der Waals surface area contributed by atoms with Crippen molar-refractivity contribution < 1.29 is 17.9 Å². The van der Waals surface area contributed by atoms with Gasteiger partial charge in [0, 0.05) is 23.9 Å². The minimum Gasteiger partial charge on any atom is -0.507 e. The molecule has 3 aromatic rings. The van der Waals surface area contributed by atoms with Crippen LogP contribution in [0.4, 0.5) is 5.69 Å². The van der Waals surface area contributed by atoms with Crippen LogP contribution in [-0.4, -0.2) is 19.6 Å². The SMILES string of the molecule is CC(C)N(c1cccc(C(c2c(O)c3c(oc2=O)CCCCCC3)C2CC2)c1)S(=O)(=O)c1ccccc1. The zero-order valence-electron chi connectivity index (χ0n) is 21.5. The molecular formula is C30H35NO5S. The number of hydrogen-bond acceptors (Lipinski definition) is 5. The second-order valence-electron chi connectivity index (χ2n) is 10.6. The van der Waals surface area contributed by atoms with Gasteiger partial charge in [0.05, 0.1) is 16.1 Å². The molecule has 1 fully saturated rings. The number of nitrogens with zero attached hydrogens (tertiary/aromatic N) is 1. The maximum absolute atomic E-state index is 13.6. The Kier molecular flexibility index (Phi) is 7.17. The molecule has 6 nitrogen and oxygen atoms in total. The molecule has 0 radical (unpaired) electrons. The van der Waals surface area contributed by atoms with Crippen molar-refractivity contribution in [3.63, 3.8) is 0 Å². The van der Waals surface area contributed by atoms with Gasteiger partial charge in [-0.05, 0) is 81.7 Å². The summed E-state index contributed by atoms with van der Waals surface area (Å²) in [7, 11) is -3.80. The summed E-state index contributed by atoms with van der Waals surface area (Å²) in [6, 6.07) is 15.5. The molecule has 1 N–H and O–H groups in total. The van der Waals surface area contributed by atoms with Gasteiger partial charge in [-0.1, -0.05) is 43.2 Å². The van der Waals surface area contributed by atoms with E-state index < -0.39 is 15.6 Å². The van der Waals surface area contributed by atoms with Crippen molar-refractivity contribution in [2.24, 2.45) is 5.92 Å². The Morgan fingerprint density at radius 2 is 1.65 bits per heavy atom. The fourth-order valence-corrected chi connectivity index (χ4v) is 7.35. The first-order valence-corrected chi connectivity index (χ1v) is 14.8. The van der Waals surface area contributed by atoms with Crippen LogP contribution in [0.3, 0.4) is 0 Å². The summed E-state index contributed by atoms with van der Waals surface area (Å²) in [6.07, 6.45) is 7.36. The van der Waals surface area contributed by atoms with E-state index >= 15 is 0 Å². The minimum absolute atomic E-state index is 0.0769. The molecule has 2 aromatic carbocycles. The predicted octanol–water partition coefficient (Wildman–Crippen LogP) is 6.15. The van der Waals surface area contributed by atoms with Crippen LogP contribution in [0.15, 0.2) is 68.7 Å². The van der Waals surface area contributed by atoms with Crippen molar-refractivity contribution in [3.05, 3.63) is 87.5 Å². The van der Waals surface area contributed by atoms with Gasteiger partial charge in [-0.25, -0.2) is 13.2 Å². The topological polar surface area (TPSA) is 87.8 Å². The van der Waals surface area contributed by atoms with E-state index in [9.17, 15) is 18.3 Å². The third kappa shape index (κ3) is 5.06. The van der Waals surface area contributed by atoms with Gasteiger partial charge in [0.1, 0.15) is 11.5 Å². The molecule has 1 aromatic heterocycles. The molecule has 0 saturated heterocycles. The molecule has 196 valence electrons. The quantitative estimate of drug-likeness (QED) is 0.403. The Balaban J connectivity index is 1.60. The van der Waals surface area contributed by atoms with Gasteiger partial charge in [-0.15, -0.1) is 0 Å². The molecule has 7 heteroatoms. The summed E-state index contributed by atoms with van der Waals surface area (Å²) >= 11 is 0. The summed E-state index contributed by atoms with van der Waals surface area (Å²) in [5, 5.41) is 11.4. The van der Waals surface area contributed by atoms with Crippen molar-refractivity contribution >= 4 is 15.7 Å². The lowest BCUT2D eigenvalue weighted by molar-refractivity contribution is 0.382. The second kappa shape index (κ2) is 10.4. The van der Waals surface area contributed by atoms with Gasteiger partial charge >= 0.3 is 5.63 Å². The van der Waals surface area contributed by atoms with Gasteiger partial charge in [0.25, 0.3) is 10.0 Å². The number of fused-ring (bicyclic) bond motifs is 1. The highest BCUT2D eigenvalue weighted by Crippen LogP contribution is 2.49. The smallest absolute Gasteiger partial charge is 0.343 e. The summed E-state index contributed by atoms with van der Waals surface area (Å²) in [5.74, 6) is 0.552.